The molecule has 3 aromatic rings. The number of aromatic nitrogens is 3. The number of aryl methyl sites for hydroxylation is 1. The monoisotopic (exact) mass is 513 g/mol. The van der Waals surface area contributed by atoms with Crippen LogP contribution in [0, 0.1) is 6.92 Å². The molecule has 0 unspecified atom stereocenters. The third-order valence-electron chi connectivity index (χ3n) is 6.08. The molecule has 2 aromatic carbocycles. The van der Waals surface area contributed by atoms with Gasteiger partial charge in [0.1, 0.15) is 0 Å². The molecule has 1 aliphatic carbocycles. The average Bonchev–Trinajstić information content (AvgIpc) is 2.89. The fraction of sp³-hybridized carbons (Fsp3) is 0.207. The second-order valence-electron chi connectivity index (χ2n) is 8.73. The van der Waals surface area contributed by atoms with Gasteiger partial charge in [0.15, 0.2) is 0 Å². The molecule has 1 aliphatic heterocycles. The molecule has 37 heavy (non-hydrogen) atoms. The van der Waals surface area contributed by atoms with Crippen LogP contribution in [0.3, 0.4) is 0 Å². The van der Waals surface area contributed by atoms with Crippen molar-refractivity contribution in [1.82, 2.24) is 14.5 Å². The summed E-state index contributed by atoms with van der Waals surface area (Å²) in [5, 5.41) is 4.96. The van der Waals surface area contributed by atoms with Crippen molar-refractivity contribution in [2.75, 3.05) is 32.8 Å². The number of ether oxygens (including phenoxy) is 2. The zero-order valence-corrected chi connectivity index (χ0v) is 21.7. The van der Waals surface area contributed by atoms with E-state index >= 15 is 0 Å². The summed E-state index contributed by atoms with van der Waals surface area (Å²) in [6.45, 7) is 2.83. The van der Waals surface area contributed by atoms with Crippen LogP contribution in [0.25, 0.3) is 28.1 Å². The first-order chi connectivity index (χ1) is 18.1. The molecule has 0 spiro atoms. The van der Waals surface area contributed by atoms with Gasteiger partial charge < -0.3 is 19.4 Å². The highest BCUT2D eigenvalue weighted by Crippen LogP contribution is 2.31. The van der Waals surface area contributed by atoms with Gasteiger partial charge in [-0.2, -0.15) is 0 Å². The quantitative estimate of drug-likeness (QED) is 0.266. The van der Waals surface area contributed by atoms with Crippen LogP contribution in [0.1, 0.15) is 5.69 Å². The van der Waals surface area contributed by atoms with Crippen molar-refractivity contribution in [2.45, 2.75) is 13.0 Å². The molecule has 0 radical (unpaired) electrons. The molecule has 8 heteroatoms. The Balaban J connectivity index is 1.82. The van der Waals surface area contributed by atoms with Gasteiger partial charge in [0.05, 0.1) is 64.1 Å². The van der Waals surface area contributed by atoms with Gasteiger partial charge in [0.25, 0.3) is 0 Å². The Kier molecular flexibility index (Phi) is 7.46. The van der Waals surface area contributed by atoms with E-state index in [0.29, 0.717) is 18.2 Å². The van der Waals surface area contributed by atoms with E-state index in [2.05, 4.69) is 27.0 Å². The SMILES string of the molecule is COCC(COC)N=c1cc2n(-c3cccc(Cl)c3)c3ccccc3nc-2cc1Nc1cccnc1C. The zero-order valence-electron chi connectivity index (χ0n) is 21.0. The Hall–Kier alpha value is -3.78. The maximum Gasteiger partial charge on any atom is 0.0973 e. The van der Waals surface area contributed by atoms with Gasteiger partial charge in [0, 0.05) is 31.1 Å². The summed E-state index contributed by atoms with van der Waals surface area (Å²) in [6.07, 6.45) is 1.78. The molecule has 2 aliphatic rings. The van der Waals surface area contributed by atoms with Crippen molar-refractivity contribution in [3.05, 3.63) is 95.1 Å². The number of nitrogens with zero attached hydrogens (tertiary/aromatic N) is 4. The lowest BCUT2D eigenvalue weighted by Gasteiger charge is -2.21. The van der Waals surface area contributed by atoms with Crippen molar-refractivity contribution in [2.24, 2.45) is 4.99 Å². The zero-order chi connectivity index (χ0) is 25.8. The minimum Gasteiger partial charge on any atom is -0.382 e. The predicted octanol–water partition coefficient (Wildman–Crippen LogP) is 5.79. The fourth-order valence-electron chi connectivity index (χ4n) is 4.41. The molecular weight excluding hydrogens is 486 g/mol. The molecular formula is C29H28ClN5O2. The van der Waals surface area contributed by atoms with Crippen molar-refractivity contribution in [3.63, 3.8) is 0 Å². The van der Waals surface area contributed by atoms with Gasteiger partial charge in [-0.1, -0.05) is 29.8 Å². The maximum atomic E-state index is 6.41. The number of nitrogens with one attached hydrogen (secondary N) is 1. The van der Waals surface area contributed by atoms with Crippen LogP contribution in [-0.2, 0) is 9.47 Å². The van der Waals surface area contributed by atoms with Crippen LogP contribution < -0.4 is 10.7 Å². The van der Waals surface area contributed by atoms with E-state index in [-0.39, 0.29) is 6.04 Å². The Bertz CT molecular complexity index is 1580. The highest BCUT2D eigenvalue weighted by atomic mass is 35.5. The highest BCUT2D eigenvalue weighted by Gasteiger charge is 2.18. The summed E-state index contributed by atoms with van der Waals surface area (Å²) in [7, 11) is 3.33. The van der Waals surface area contributed by atoms with E-state index in [9.17, 15) is 0 Å². The maximum absolute atomic E-state index is 6.41. The Morgan fingerprint density at radius 2 is 1.76 bits per heavy atom. The second-order valence-corrected chi connectivity index (χ2v) is 9.17. The van der Waals surface area contributed by atoms with Crippen molar-refractivity contribution in [1.29, 1.82) is 0 Å². The number of pyridine rings is 1. The molecule has 0 amide bonds. The molecule has 0 bridgehead atoms. The third kappa shape index (κ3) is 5.34. The first-order valence-electron chi connectivity index (χ1n) is 12.0. The topological polar surface area (TPSA) is 73.6 Å². The summed E-state index contributed by atoms with van der Waals surface area (Å²) in [6, 6.07) is 23.7. The van der Waals surface area contributed by atoms with Crippen LogP contribution in [0.4, 0.5) is 11.4 Å². The molecule has 0 saturated heterocycles. The number of benzene rings is 3. The van der Waals surface area contributed by atoms with Crippen molar-refractivity contribution in [3.8, 4) is 17.1 Å². The van der Waals surface area contributed by atoms with E-state index < -0.39 is 0 Å². The number of halogens is 1. The number of para-hydroxylation sites is 2. The lowest BCUT2D eigenvalue weighted by molar-refractivity contribution is 0.118. The Morgan fingerprint density at radius 1 is 0.946 bits per heavy atom. The minimum absolute atomic E-state index is 0.184. The first kappa shape index (κ1) is 24.9. The van der Waals surface area contributed by atoms with E-state index in [4.69, 9.17) is 31.1 Å². The summed E-state index contributed by atoms with van der Waals surface area (Å²) in [5.74, 6) is 0. The standard InChI is InChI=1S/C29H28ClN5O2/c1-19-23(11-7-13-31-19)33-25-15-27-29(16-26(25)32-21(17-36-2)18-37-3)35(22-9-6-8-20(30)14-22)28-12-5-4-10-24(28)34-27/h4-16,21,33H,17-18H2,1-3H3. The summed E-state index contributed by atoms with van der Waals surface area (Å²) >= 11 is 6.41. The van der Waals surface area contributed by atoms with Gasteiger partial charge in [-0.05, 0) is 61.5 Å². The molecule has 0 saturated carbocycles. The van der Waals surface area contributed by atoms with E-state index in [1.54, 1.807) is 20.4 Å². The van der Waals surface area contributed by atoms with Gasteiger partial charge >= 0.3 is 0 Å². The van der Waals surface area contributed by atoms with E-state index in [0.717, 1.165) is 50.5 Å². The number of hydrogen-bond donors (Lipinski definition) is 1. The third-order valence-corrected chi connectivity index (χ3v) is 6.31. The van der Waals surface area contributed by atoms with Crippen LogP contribution in [0.15, 0.2) is 84.0 Å². The van der Waals surface area contributed by atoms with E-state index in [1.165, 1.54) is 0 Å². The van der Waals surface area contributed by atoms with Crippen LogP contribution in [0.5, 0.6) is 0 Å². The molecule has 7 nitrogen and oxygen atoms in total. The molecule has 188 valence electrons. The molecule has 1 N–H and O–H groups in total. The van der Waals surface area contributed by atoms with Crippen molar-refractivity contribution >= 4 is 34.0 Å². The first-order valence-corrected chi connectivity index (χ1v) is 12.4. The smallest absolute Gasteiger partial charge is 0.0973 e. The number of hydrogen-bond acceptors (Lipinski definition) is 6. The molecule has 0 fully saturated rings. The Morgan fingerprint density at radius 3 is 2.51 bits per heavy atom. The molecule has 2 heterocycles. The predicted molar refractivity (Wildman–Crippen MR) is 148 cm³/mol. The fourth-order valence-corrected chi connectivity index (χ4v) is 4.59. The van der Waals surface area contributed by atoms with Gasteiger partial charge in [-0.3, -0.25) is 9.98 Å². The number of methoxy groups -OCH3 is 2. The van der Waals surface area contributed by atoms with Gasteiger partial charge in [-0.25, -0.2) is 4.98 Å². The largest absolute Gasteiger partial charge is 0.382 e. The van der Waals surface area contributed by atoms with Crippen molar-refractivity contribution < 1.29 is 9.47 Å². The normalized spacial score (nSPS) is 12.1. The molecule has 0 atom stereocenters. The Labute approximate surface area is 220 Å². The van der Waals surface area contributed by atoms with E-state index in [1.807, 2.05) is 67.6 Å². The lowest BCUT2D eigenvalue weighted by atomic mass is 10.1. The minimum atomic E-state index is -0.184. The molecule has 5 rings (SSSR count). The second kappa shape index (κ2) is 11.1. The summed E-state index contributed by atoms with van der Waals surface area (Å²) < 4.78 is 13.0. The number of anilines is 2. The van der Waals surface area contributed by atoms with Gasteiger partial charge in [-0.15, -0.1) is 0 Å². The average molecular weight is 514 g/mol. The summed E-state index contributed by atoms with van der Waals surface area (Å²) in [5.41, 5.74) is 7.12. The molecule has 1 aromatic heterocycles. The summed E-state index contributed by atoms with van der Waals surface area (Å²) in [4.78, 5) is 14.5. The van der Waals surface area contributed by atoms with Crippen LogP contribution in [0.2, 0.25) is 5.02 Å². The highest BCUT2D eigenvalue weighted by molar-refractivity contribution is 6.30. The van der Waals surface area contributed by atoms with Gasteiger partial charge in [0.2, 0.25) is 0 Å². The lowest BCUT2D eigenvalue weighted by Crippen LogP contribution is -2.24. The van der Waals surface area contributed by atoms with Crippen LogP contribution in [-0.4, -0.2) is 48.0 Å². The number of rotatable bonds is 8. The number of fused-ring (bicyclic) bond motifs is 2. The van der Waals surface area contributed by atoms with Crippen LogP contribution >= 0.6 is 11.6 Å².